The molecule has 116 valence electrons. The number of hydrogen-bond donors (Lipinski definition) is 1. The molecule has 0 aliphatic heterocycles. The van der Waals surface area contributed by atoms with E-state index in [0.29, 0.717) is 11.6 Å². The molecule has 1 amide bonds. The number of rotatable bonds is 6. The van der Waals surface area contributed by atoms with Gasteiger partial charge < -0.3 is 10.1 Å². The Morgan fingerprint density at radius 3 is 2.50 bits per heavy atom. The van der Waals surface area contributed by atoms with Crippen LogP contribution in [0.5, 0.6) is 5.75 Å². The second-order valence-electron chi connectivity index (χ2n) is 5.24. The minimum Gasteiger partial charge on any atom is -0.483 e. The van der Waals surface area contributed by atoms with Crippen molar-refractivity contribution in [1.82, 2.24) is 5.32 Å². The molecule has 0 spiro atoms. The van der Waals surface area contributed by atoms with Crippen molar-refractivity contribution < 1.29 is 9.53 Å². The molecule has 0 saturated carbocycles. The van der Waals surface area contributed by atoms with E-state index in [4.69, 9.17) is 16.3 Å². The van der Waals surface area contributed by atoms with Crippen LogP contribution in [0.2, 0.25) is 5.02 Å². The highest BCUT2D eigenvalue weighted by Gasteiger charge is 2.07. The summed E-state index contributed by atoms with van der Waals surface area (Å²) in [4.78, 5) is 11.8. The standard InChI is InChI=1S/C18H20ClNO2/c1-13-5-3-6-14(2)18(13)22-12-17(21)20-10-9-15-7-4-8-16(19)11-15/h3-8,11H,9-10,12H2,1-2H3,(H,20,21). The van der Waals surface area contributed by atoms with Gasteiger partial charge >= 0.3 is 0 Å². The monoisotopic (exact) mass is 317 g/mol. The van der Waals surface area contributed by atoms with Gasteiger partial charge in [-0.2, -0.15) is 0 Å². The number of halogens is 1. The zero-order chi connectivity index (χ0) is 15.9. The summed E-state index contributed by atoms with van der Waals surface area (Å²) in [7, 11) is 0. The lowest BCUT2D eigenvalue weighted by atomic mass is 10.1. The second kappa shape index (κ2) is 7.85. The Bertz CT molecular complexity index is 635. The Hall–Kier alpha value is -2.00. The van der Waals surface area contributed by atoms with Crippen LogP contribution in [0.15, 0.2) is 42.5 Å². The van der Waals surface area contributed by atoms with Gasteiger partial charge in [0.25, 0.3) is 5.91 Å². The molecular weight excluding hydrogens is 298 g/mol. The normalized spacial score (nSPS) is 10.3. The molecule has 2 aromatic carbocycles. The maximum atomic E-state index is 11.8. The first-order chi connectivity index (χ1) is 10.6. The number of amides is 1. The molecule has 0 radical (unpaired) electrons. The molecule has 0 unspecified atom stereocenters. The fraction of sp³-hybridized carbons (Fsp3) is 0.278. The van der Waals surface area contributed by atoms with Gasteiger partial charge in [-0.15, -0.1) is 0 Å². The third-order valence-electron chi connectivity index (χ3n) is 3.38. The molecule has 2 aromatic rings. The fourth-order valence-corrected chi connectivity index (χ4v) is 2.47. The third-order valence-corrected chi connectivity index (χ3v) is 3.62. The van der Waals surface area contributed by atoms with E-state index in [9.17, 15) is 4.79 Å². The Balaban J connectivity index is 1.77. The number of nitrogens with one attached hydrogen (secondary N) is 1. The summed E-state index contributed by atoms with van der Waals surface area (Å²) in [5, 5.41) is 3.56. The summed E-state index contributed by atoms with van der Waals surface area (Å²) in [5.74, 6) is 0.664. The summed E-state index contributed by atoms with van der Waals surface area (Å²) in [6.07, 6.45) is 0.746. The Morgan fingerprint density at radius 1 is 1.14 bits per heavy atom. The van der Waals surface area contributed by atoms with Crippen molar-refractivity contribution in [2.75, 3.05) is 13.2 Å². The number of ether oxygens (including phenoxy) is 1. The van der Waals surface area contributed by atoms with Gasteiger partial charge in [0, 0.05) is 11.6 Å². The molecule has 0 fully saturated rings. The quantitative estimate of drug-likeness (QED) is 0.882. The van der Waals surface area contributed by atoms with Gasteiger partial charge in [0.05, 0.1) is 0 Å². The minimum absolute atomic E-state index is 0.0290. The van der Waals surface area contributed by atoms with E-state index in [1.807, 2.05) is 56.3 Å². The van der Waals surface area contributed by atoms with Gasteiger partial charge in [0.1, 0.15) is 5.75 Å². The topological polar surface area (TPSA) is 38.3 Å². The van der Waals surface area contributed by atoms with Gasteiger partial charge in [0.15, 0.2) is 6.61 Å². The highest BCUT2D eigenvalue weighted by molar-refractivity contribution is 6.30. The Morgan fingerprint density at radius 2 is 1.82 bits per heavy atom. The summed E-state index contributed by atoms with van der Waals surface area (Å²) in [6.45, 7) is 4.54. The lowest BCUT2D eigenvalue weighted by Crippen LogP contribution is -2.30. The van der Waals surface area contributed by atoms with Gasteiger partial charge in [-0.1, -0.05) is 41.9 Å². The molecule has 22 heavy (non-hydrogen) atoms. The largest absolute Gasteiger partial charge is 0.483 e. The molecule has 0 bridgehead atoms. The van der Waals surface area contributed by atoms with Crippen LogP contribution < -0.4 is 10.1 Å². The second-order valence-corrected chi connectivity index (χ2v) is 5.68. The fourth-order valence-electron chi connectivity index (χ4n) is 2.25. The van der Waals surface area contributed by atoms with Crippen molar-refractivity contribution in [2.45, 2.75) is 20.3 Å². The van der Waals surface area contributed by atoms with E-state index in [0.717, 1.165) is 28.9 Å². The molecule has 4 heteroatoms. The first-order valence-electron chi connectivity index (χ1n) is 7.26. The molecule has 3 nitrogen and oxygen atoms in total. The van der Waals surface area contributed by atoms with E-state index >= 15 is 0 Å². The Labute approximate surface area is 136 Å². The number of hydrogen-bond acceptors (Lipinski definition) is 2. The van der Waals surface area contributed by atoms with E-state index in [1.54, 1.807) is 0 Å². The molecule has 0 atom stereocenters. The number of para-hydroxylation sites is 1. The predicted octanol–water partition coefficient (Wildman–Crippen LogP) is 3.69. The Kier molecular flexibility index (Phi) is 5.84. The van der Waals surface area contributed by atoms with Gasteiger partial charge in [-0.3, -0.25) is 4.79 Å². The van der Waals surface area contributed by atoms with Gasteiger partial charge in [0.2, 0.25) is 0 Å². The highest BCUT2D eigenvalue weighted by atomic mass is 35.5. The molecule has 1 N–H and O–H groups in total. The first kappa shape index (κ1) is 16.4. The van der Waals surface area contributed by atoms with Gasteiger partial charge in [-0.25, -0.2) is 0 Å². The smallest absolute Gasteiger partial charge is 0.257 e. The van der Waals surface area contributed by atoms with Crippen LogP contribution in [-0.2, 0) is 11.2 Å². The van der Waals surface area contributed by atoms with Crippen molar-refractivity contribution in [3.8, 4) is 5.75 Å². The van der Waals surface area contributed by atoms with Crippen molar-refractivity contribution in [1.29, 1.82) is 0 Å². The van der Waals surface area contributed by atoms with Crippen molar-refractivity contribution in [2.24, 2.45) is 0 Å². The van der Waals surface area contributed by atoms with Crippen LogP contribution in [0, 0.1) is 13.8 Å². The molecule has 0 aliphatic carbocycles. The first-order valence-corrected chi connectivity index (χ1v) is 7.64. The summed E-state index contributed by atoms with van der Waals surface area (Å²) in [5.41, 5.74) is 3.17. The average molecular weight is 318 g/mol. The van der Waals surface area contributed by atoms with Crippen LogP contribution in [0.1, 0.15) is 16.7 Å². The number of carbonyl (C=O) groups is 1. The molecule has 2 rings (SSSR count). The van der Waals surface area contributed by atoms with Crippen LogP contribution in [0.25, 0.3) is 0 Å². The van der Waals surface area contributed by atoms with Crippen LogP contribution in [0.4, 0.5) is 0 Å². The van der Waals surface area contributed by atoms with E-state index in [1.165, 1.54) is 0 Å². The lowest BCUT2D eigenvalue weighted by molar-refractivity contribution is -0.123. The maximum absolute atomic E-state index is 11.8. The van der Waals surface area contributed by atoms with Gasteiger partial charge in [-0.05, 0) is 49.1 Å². The SMILES string of the molecule is Cc1cccc(C)c1OCC(=O)NCCc1cccc(Cl)c1. The van der Waals surface area contributed by atoms with E-state index in [2.05, 4.69) is 5.32 Å². The number of aryl methyl sites for hydroxylation is 2. The lowest BCUT2D eigenvalue weighted by Gasteiger charge is -2.12. The van der Waals surface area contributed by atoms with Crippen LogP contribution in [0.3, 0.4) is 0 Å². The van der Waals surface area contributed by atoms with Crippen molar-refractivity contribution in [3.05, 3.63) is 64.2 Å². The third kappa shape index (κ3) is 4.78. The predicted molar refractivity (Wildman–Crippen MR) is 89.6 cm³/mol. The molecule has 0 saturated heterocycles. The zero-order valence-electron chi connectivity index (χ0n) is 12.9. The minimum atomic E-state index is -0.121. The maximum Gasteiger partial charge on any atom is 0.257 e. The van der Waals surface area contributed by atoms with Crippen LogP contribution in [-0.4, -0.2) is 19.1 Å². The molecular formula is C18H20ClNO2. The number of benzene rings is 2. The van der Waals surface area contributed by atoms with Crippen molar-refractivity contribution in [3.63, 3.8) is 0 Å². The highest BCUT2D eigenvalue weighted by Crippen LogP contribution is 2.21. The summed E-state index contributed by atoms with van der Waals surface area (Å²) < 4.78 is 5.62. The number of carbonyl (C=O) groups excluding carboxylic acids is 1. The zero-order valence-corrected chi connectivity index (χ0v) is 13.6. The molecule has 0 heterocycles. The average Bonchev–Trinajstić information content (AvgIpc) is 2.47. The van der Waals surface area contributed by atoms with E-state index < -0.39 is 0 Å². The van der Waals surface area contributed by atoms with E-state index in [-0.39, 0.29) is 12.5 Å². The molecule has 0 aromatic heterocycles. The summed E-state index contributed by atoms with van der Waals surface area (Å²) >= 11 is 5.93. The summed E-state index contributed by atoms with van der Waals surface area (Å²) in [6, 6.07) is 13.6. The van der Waals surface area contributed by atoms with Crippen molar-refractivity contribution >= 4 is 17.5 Å². The molecule has 0 aliphatic rings. The van der Waals surface area contributed by atoms with Crippen LogP contribution >= 0.6 is 11.6 Å².